The highest BCUT2D eigenvalue weighted by Crippen LogP contribution is 2.22. The van der Waals surface area contributed by atoms with E-state index in [1.54, 1.807) is 17.0 Å². The third kappa shape index (κ3) is 3.91. The lowest BCUT2D eigenvalue weighted by Gasteiger charge is -2.31. The Bertz CT molecular complexity index is 462. The maximum atomic E-state index is 12.3. The lowest BCUT2D eigenvalue weighted by molar-refractivity contribution is -0.0499. The molecule has 0 radical (unpaired) electrons. The Kier molecular flexibility index (Phi) is 5.34. The van der Waals surface area contributed by atoms with Crippen LogP contribution in [-0.2, 0) is 0 Å². The molecule has 0 atom stereocenters. The van der Waals surface area contributed by atoms with E-state index in [1.165, 1.54) is 12.1 Å². The van der Waals surface area contributed by atoms with Crippen LogP contribution in [0.25, 0.3) is 0 Å². The van der Waals surface area contributed by atoms with Gasteiger partial charge in [0, 0.05) is 24.0 Å². The average Bonchev–Trinajstić information content (AvgIpc) is 2.46. The van der Waals surface area contributed by atoms with Crippen molar-refractivity contribution >= 4 is 21.8 Å². The smallest absolute Gasteiger partial charge is 0.387 e. The molecule has 6 heteroatoms. The molecular formula is C14H16BrF2NO2. The second kappa shape index (κ2) is 7.02. The van der Waals surface area contributed by atoms with E-state index < -0.39 is 6.61 Å². The van der Waals surface area contributed by atoms with Crippen LogP contribution in [0.2, 0.25) is 0 Å². The molecule has 0 saturated carbocycles. The fourth-order valence-corrected chi connectivity index (χ4v) is 2.93. The van der Waals surface area contributed by atoms with Crippen molar-refractivity contribution in [1.29, 1.82) is 0 Å². The number of amides is 1. The minimum atomic E-state index is -2.88. The lowest BCUT2D eigenvalue weighted by Crippen LogP contribution is -2.38. The Morgan fingerprint density at radius 3 is 2.70 bits per heavy atom. The van der Waals surface area contributed by atoms with Crippen LogP contribution in [0.4, 0.5) is 8.78 Å². The van der Waals surface area contributed by atoms with E-state index in [9.17, 15) is 13.6 Å². The first-order valence-corrected chi connectivity index (χ1v) is 7.62. The fourth-order valence-electron chi connectivity index (χ4n) is 2.28. The number of hydrogen-bond donors (Lipinski definition) is 0. The zero-order valence-electron chi connectivity index (χ0n) is 10.9. The summed E-state index contributed by atoms with van der Waals surface area (Å²) in [7, 11) is 0. The predicted molar refractivity (Wildman–Crippen MR) is 75.5 cm³/mol. The third-order valence-electron chi connectivity index (χ3n) is 3.43. The van der Waals surface area contributed by atoms with E-state index in [0.29, 0.717) is 24.6 Å². The van der Waals surface area contributed by atoms with Gasteiger partial charge < -0.3 is 9.64 Å². The first-order valence-electron chi connectivity index (χ1n) is 6.50. The molecule has 2 rings (SSSR count). The van der Waals surface area contributed by atoms with E-state index in [1.807, 2.05) is 0 Å². The lowest BCUT2D eigenvalue weighted by atomic mass is 9.98. The maximum Gasteiger partial charge on any atom is 0.387 e. The summed E-state index contributed by atoms with van der Waals surface area (Å²) in [5.41, 5.74) is 0.389. The van der Waals surface area contributed by atoms with Gasteiger partial charge in [0.05, 0.1) is 0 Å². The standard InChI is InChI=1S/C14H16BrF2NO2/c15-9-10-4-6-18(7-5-10)13(19)11-2-1-3-12(8-11)20-14(16)17/h1-3,8,10,14H,4-7,9H2. The van der Waals surface area contributed by atoms with Gasteiger partial charge in [0.2, 0.25) is 0 Å². The number of ether oxygens (including phenoxy) is 1. The molecule has 0 spiro atoms. The van der Waals surface area contributed by atoms with E-state index in [-0.39, 0.29) is 11.7 Å². The molecule has 1 saturated heterocycles. The van der Waals surface area contributed by atoms with Crippen molar-refractivity contribution in [2.75, 3.05) is 18.4 Å². The van der Waals surface area contributed by atoms with Crippen LogP contribution < -0.4 is 4.74 Å². The van der Waals surface area contributed by atoms with Gasteiger partial charge in [-0.25, -0.2) is 0 Å². The molecule has 0 N–H and O–H groups in total. The van der Waals surface area contributed by atoms with Crippen molar-refractivity contribution in [3.63, 3.8) is 0 Å². The molecule has 110 valence electrons. The van der Waals surface area contributed by atoms with Crippen LogP contribution in [0.15, 0.2) is 24.3 Å². The minimum absolute atomic E-state index is 0.0150. The quantitative estimate of drug-likeness (QED) is 0.779. The van der Waals surface area contributed by atoms with Crippen molar-refractivity contribution in [3.8, 4) is 5.75 Å². The molecule has 0 bridgehead atoms. The first kappa shape index (κ1) is 15.2. The second-order valence-corrected chi connectivity index (χ2v) is 5.44. The molecule has 0 aromatic heterocycles. The number of alkyl halides is 3. The number of hydrogen-bond acceptors (Lipinski definition) is 2. The normalized spacial score (nSPS) is 16.5. The summed E-state index contributed by atoms with van der Waals surface area (Å²) in [5.74, 6) is 0.492. The third-order valence-corrected chi connectivity index (χ3v) is 4.34. The van der Waals surface area contributed by atoms with E-state index in [0.717, 1.165) is 18.2 Å². The zero-order valence-corrected chi connectivity index (χ0v) is 12.5. The molecule has 20 heavy (non-hydrogen) atoms. The van der Waals surface area contributed by atoms with Gasteiger partial charge in [-0.2, -0.15) is 8.78 Å². The molecule has 3 nitrogen and oxygen atoms in total. The van der Waals surface area contributed by atoms with E-state index >= 15 is 0 Å². The van der Waals surface area contributed by atoms with E-state index in [4.69, 9.17) is 0 Å². The van der Waals surface area contributed by atoms with Gasteiger partial charge in [-0.3, -0.25) is 4.79 Å². The highest BCUT2D eigenvalue weighted by Gasteiger charge is 2.23. The van der Waals surface area contributed by atoms with Crippen molar-refractivity contribution in [3.05, 3.63) is 29.8 Å². The van der Waals surface area contributed by atoms with Crippen LogP contribution >= 0.6 is 15.9 Å². The number of halogens is 3. The molecule has 1 aromatic rings. The molecule has 0 aliphatic carbocycles. The summed E-state index contributed by atoms with van der Waals surface area (Å²) >= 11 is 3.45. The van der Waals surface area contributed by atoms with Crippen LogP contribution in [0.1, 0.15) is 23.2 Å². The zero-order chi connectivity index (χ0) is 14.5. The van der Waals surface area contributed by atoms with Gasteiger partial charge in [-0.15, -0.1) is 0 Å². The molecule has 1 aliphatic rings. The minimum Gasteiger partial charge on any atom is -0.435 e. The fraction of sp³-hybridized carbons (Fsp3) is 0.500. The summed E-state index contributed by atoms with van der Waals surface area (Å²) in [6, 6.07) is 5.96. The Morgan fingerprint density at radius 2 is 2.10 bits per heavy atom. The molecular weight excluding hydrogens is 332 g/mol. The number of nitrogens with zero attached hydrogens (tertiary/aromatic N) is 1. The van der Waals surface area contributed by atoms with Crippen molar-refractivity contribution < 1.29 is 18.3 Å². The highest BCUT2D eigenvalue weighted by molar-refractivity contribution is 9.09. The summed E-state index contributed by atoms with van der Waals surface area (Å²) in [6.45, 7) is -1.47. The Hall–Kier alpha value is -1.17. The van der Waals surface area contributed by atoms with Crippen molar-refractivity contribution in [1.82, 2.24) is 4.90 Å². The first-order chi connectivity index (χ1) is 9.60. The number of carbonyl (C=O) groups is 1. The van der Waals surface area contributed by atoms with Gasteiger partial charge in [0.1, 0.15) is 5.75 Å². The van der Waals surface area contributed by atoms with E-state index in [2.05, 4.69) is 20.7 Å². The Labute approximate surface area is 125 Å². The van der Waals surface area contributed by atoms with Crippen molar-refractivity contribution in [2.24, 2.45) is 5.92 Å². The van der Waals surface area contributed by atoms with Gasteiger partial charge in [0.15, 0.2) is 0 Å². The average molecular weight is 348 g/mol. The second-order valence-electron chi connectivity index (χ2n) is 4.80. The van der Waals surface area contributed by atoms with Crippen LogP contribution in [0.5, 0.6) is 5.75 Å². The number of carbonyl (C=O) groups excluding carboxylic acids is 1. The Morgan fingerprint density at radius 1 is 1.40 bits per heavy atom. The molecule has 1 fully saturated rings. The van der Waals surface area contributed by atoms with Gasteiger partial charge >= 0.3 is 6.61 Å². The number of benzene rings is 1. The summed E-state index contributed by atoms with van der Waals surface area (Å²) in [5, 5.41) is 0.951. The molecule has 0 unspecified atom stereocenters. The topological polar surface area (TPSA) is 29.5 Å². The Balaban J connectivity index is 2.02. The van der Waals surface area contributed by atoms with Gasteiger partial charge in [-0.1, -0.05) is 22.0 Å². The number of rotatable bonds is 4. The summed E-state index contributed by atoms with van der Waals surface area (Å²) in [6.07, 6.45) is 1.93. The largest absolute Gasteiger partial charge is 0.435 e. The molecule has 1 aliphatic heterocycles. The van der Waals surface area contributed by atoms with Crippen LogP contribution in [0, 0.1) is 5.92 Å². The van der Waals surface area contributed by atoms with Crippen LogP contribution in [0.3, 0.4) is 0 Å². The number of likely N-dealkylation sites (tertiary alicyclic amines) is 1. The maximum absolute atomic E-state index is 12.3. The monoisotopic (exact) mass is 347 g/mol. The molecule has 1 aromatic carbocycles. The molecule has 1 amide bonds. The molecule has 1 heterocycles. The van der Waals surface area contributed by atoms with Gasteiger partial charge in [0.25, 0.3) is 5.91 Å². The van der Waals surface area contributed by atoms with Crippen molar-refractivity contribution in [2.45, 2.75) is 19.5 Å². The highest BCUT2D eigenvalue weighted by atomic mass is 79.9. The summed E-state index contributed by atoms with van der Waals surface area (Å²) in [4.78, 5) is 14.1. The SMILES string of the molecule is O=C(c1cccc(OC(F)F)c1)N1CCC(CBr)CC1. The summed E-state index contributed by atoms with van der Waals surface area (Å²) < 4.78 is 28.7. The predicted octanol–water partition coefficient (Wildman–Crippen LogP) is 3.54. The van der Waals surface area contributed by atoms with Gasteiger partial charge in [-0.05, 0) is 37.0 Å². The number of piperidine rings is 1. The van der Waals surface area contributed by atoms with Crippen LogP contribution in [-0.4, -0.2) is 35.8 Å².